The van der Waals surface area contributed by atoms with Crippen molar-refractivity contribution in [3.8, 4) is 0 Å². The zero-order chi connectivity index (χ0) is 14.2. The molecule has 1 aliphatic rings. The van der Waals surface area contributed by atoms with Crippen LogP contribution in [0.4, 0.5) is 13.2 Å². The van der Waals surface area contributed by atoms with Gasteiger partial charge in [0.2, 0.25) is 0 Å². The van der Waals surface area contributed by atoms with Gasteiger partial charge in [0, 0.05) is 10.7 Å². The minimum absolute atomic E-state index is 0.0580. The fraction of sp³-hybridized carbons (Fsp3) is 0.455. The second-order valence-electron chi connectivity index (χ2n) is 4.18. The maximum atomic E-state index is 12.9. The van der Waals surface area contributed by atoms with Crippen LogP contribution < -0.4 is 0 Å². The number of hydrogen-bond acceptors (Lipinski definition) is 4. The third-order valence-corrected chi connectivity index (χ3v) is 4.39. The molecule has 1 fully saturated rings. The van der Waals surface area contributed by atoms with E-state index in [4.69, 9.17) is 0 Å². The maximum Gasteiger partial charge on any atom is 0.416 e. The lowest BCUT2D eigenvalue weighted by Crippen LogP contribution is -2.34. The standard InChI is InChI=1S/C11H10F3NO3S/c12-11(13,14)7-4-2-1-3-6(7)10-9(15(17)18)8(16)5-19-10/h1-4,8-10,16H,5H2/t8?,9-,10+/m0/s1. The molecule has 1 aromatic carbocycles. The van der Waals surface area contributed by atoms with Crippen molar-refractivity contribution in [3.05, 3.63) is 45.5 Å². The van der Waals surface area contributed by atoms with Crippen molar-refractivity contribution in [1.82, 2.24) is 0 Å². The Morgan fingerprint density at radius 3 is 2.58 bits per heavy atom. The molecular weight excluding hydrogens is 283 g/mol. The maximum absolute atomic E-state index is 12.9. The van der Waals surface area contributed by atoms with E-state index in [1.54, 1.807) is 0 Å². The Balaban J connectivity index is 2.45. The summed E-state index contributed by atoms with van der Waals surface area (Å²) in [5, 5.41) is 19.5. The van der Waals surface area contributed by atoms with E-state index in [0.717, 1.165) is 17.8 Å². The predicted molar refractivity (Wildman–Crippen MR) is 63.4 cm³/mol. The molecule has 1 N–H and O–H groups in total. The van der Waals surface area contributed by atoms with E-state index in [9.17, 15) is 28.4 Å². The van der Waals surface area contributed by atoms with Gasteiger partial charge in [-0.05, 0) is 11.6 Å². The van der Waals surface area contributed by atoms with E-state index in [1.165, 1.54) is 18.2 Å². The second-order valence-corrected chi connectivity index (χ2v) is 5.36. The summed E-state index contributed by atoms with van der Waals surface area (Å²) in [5.41, 5.74) is -1.02. The number of aliphatic hydroxyl groups excluding tert-OH is 1. The van der Waals surface area contributed by atoms with Gasteiger partial charge in [-0.15, -0.1) is 11.8 Å². The lowest BCUT2D eigenvalue weighted by atomic mass is 9.97. The van der Waals surface area contributed by atoms with Gasteiger partial charge in [0.1, 0.15) is 11.4 Å². The number of nitrogens with zero attached hydrogens (tertiary/aromatic N) is 1. The Kier molecular flexibility index (Phi) is 3.73. The van der Waals surface area contributed by atoms with Crippen LogP contribution in [-0.2, 0) is 6.18 Å². The fourth-order valence-electron chi connectivity index (χ4n) is 2.13. The van der Waals surface area contributed by atoms with E-state index >= 15 is 0 Å². The molecule has 104 valence electrons. The second kappa shape index (κ2) is 5.01. The Hall–Kier alpha value is -1.28. The first-order valence-electron chi connectivity index (χ1n) is 5.41. The number of halogens is 3. The largest absolute Gasteiger partial charge is 0.416 e. The van der Waals surface area contributed by atoms with Crippen molar-refractivity contribution >= 4 is 11.8 Å². The summed E-state index contributed by atoms with van der Waals surface area (Å²) >= 11 is 0.979. The fourth-order valence-corrected chi connectivity index (χ4v) is 3.59. The number of nitro groups is 1. The van der Waals surface area contributed by atoms with Gasteiger partial charge < -0.3 is 5.11 Å². The number of alkyl halides is 3. The molecule has 1 saturated heterocycles. The van der Waals surface area contributed by atoms with E-state index in [1.807, 2.05) is 0 Å². The quantitative estimate of drug-likeness (QED) is 0.672. The summed E-state index contributed by atoms with van der Waals surface area (Å²) < 4.78 is 38.7. The molecule has 0 aliphatic carbocycles. The average molecular weight is 293 g/mol. The van der Waals surface area contributed by atoms with E-state index in [2.05, 4.69) is 0 Å². The molecule has 0 radical (unpaired) electrons. The highest BCUT2D eigenvalue weighted by Gasteiger charge is 2.48. The van der Waals surface area contributed by atoms with Gasteiger partial charge in [-0.1, -0.05) is 18.2 Å². The Morgan fingerprint density at radius 1 is 1.37 bits per heavy atom. The molecule has 3 atom stereocenters. The summed E-state index contributed by atoms with van der Waals surface area (Å²) in [6.45, 7) is 0. The molecule has 0 amide bonds. The lowest BCUT2D eigenvalue weighted by molar-refractivity contribution is -0.531. The molecule has 1 aromatic rings. The zero-order valence-corrected chi connectivity index (χ0v) is 10.3. The molecule has 19 heavy (non-hydrogen) atoms. The summed E-state index contributed by atoms with van der Waals surface area (Å²) in [7, 11) is 0. The Bertz CT molecular complexity index is 494. The Morgan fingerprint density at radius 2 is 2.00 bits per heavy atom. The van der Waals surface area contributed by atoms with Crippen LogP contribution in [0.3, 0.4) is 0 Å². The lowest BCUT2D eigenvalue weighted by Gasteiger charge is -2.19. The summed E-state index contributed by atoms with van der Waals surface area (Å²) in [6, 6.07) is 3.37. The third kappa shape index (κ3) is 2.69. The van der Waals surface area contributed by atoms with Gasteiger partial charge in [0.05, 0.1) is 5.56 Å². The van der Waals surface area contributed by atoms with E-state index in [-0.39, 0.29) is 11.3 Å². The first kappa shape index (κ1) is 14.1. The molecule has 0 saturated carbocycles. The molecule has 0 aromatic heterocycles. The number of aliphatic hydroxyl groups is 1. The van der Waals surface area contributed by atoms with Gasteiger partial charge >= 0.3 is 6.18 Å². The van der Waals surface area contributed by atoms with Crippen LogP contribution in [0.25, 0.3) is 0 Å². The van der Waals surface area contributed by atoms with Crippen molar-refractivity contribution < 1.29 is 23.2 Å². The van der Waals surface area contributed by atoms with Crippen LogP contribution in [0.1, 0.15) is 16.4 Å². The highest BCUT2D eigenvalue weighted by molar-refractivity contribution is 7.99. The van der Waals surface area contributed by atoms with Gasteiger partial charge in [0.15, 0.2) is 0 Å². The van der Waals surface area contributed by atoms with Crippen LogP contribution in [0.2, 0.25) is 0 Å². The highest BCUT2D eigenvalue weighted by Crippen LogP contribution is 2.46. The number of benzene rings is 1. The highest BCUT2D eigenvalue weighted by atomic mass is 32.2. The topological polar surface area (TPSA) is 63.4 Å². The van der Waals surface area contributed by atoms with Crippen LogP contribution in [0.15, 0.2) is 24.3 Å². The van der Waals surface area contributed by atoms with Crippen molar-refractivity contribution in [2.45, 2.75) is 23.6 Å². The van der Waals surface area contributed by atoms with Gasteiger partial charge in [0.25, 0.3) is 6.04 Å². The molecule has 1 unspecified atom stereocenters. The summed E-state index contributed by atoms with van der Waals surface area (Å²) in [6.07, 6.45) is -5.79. The predicted octanol–water partition coefficient (Wildman–Crippen LogP) is 2.50. The summed E-state index contributed by atoms with van der Waals surface area (Å²) in [4.78, 5) is 10.2. The molecule has 1 heterocycles. The molecule has 8 heteroatoms. The molecule has 4 nitrogen and oxygen atoms in total. The molecular formula is C11H10F3NO3S. The van der Waals surface area contributed by atoms with E-state index in [0.29, 0.717) is 0 Å². The normalized spacial score (nSPS) is 27.5. The zero-order valence-electron chi connectivity index (χ0n) is 9.50. The minimum Gasteiger partial charge on any atom is -0.385 e. The first-order valence-corrected chi connectivity index (χ1v) is 6.46. The first-order chi connectivity index (χ1) is 8.82. The van der Waals surface area contributed by atoms with Crippen LogP contribution in [0, 0.1) is 10.1 Å². The monoisotopic (exact) mass is 293 g/mol. The smallest absolute Gasteiger partial charge is 0.385 e. The summed E-state index contributed by atoms with van der Waals surface area (Å²) in [5.74, 6) is 0.0580. The van der Waals surface area contributed by atoms with Crippen LogP contribution in [0.5, 0.6) is 0 Å². The number of rotatable bonds is 2. The third-order valence-electron chi connectivity index (χ3n) is 2.97. The van der Waals surface area contributed by atoms with E-state index < -0.39 is 34.1 Å². The molecule has 0 spiro atoms. The number of hydrogen-bond donors (Lipinski definition) is 1. The van der Waals surface area contributed by atoms with Crippen molar-refractivity contribution in [2.24, 2.45) is 0 Å². The molecule has 0 bridgehead atoms. The molecule has 1 aliphatic heterocycles. The van der Waals surface area contributed by atoms with Crippen LogP contribution >= 0.6 is 11.8 Å². The van der Waals surface area contributed by atoms with Crippen molar-refractivity contribution in [2.75, 3.05) is 5.75 Å². The van der Waals surface area contributed by atoms with Crippen LogP contribution in [-0.4, -0.2) is 27.9 Å². The van der Waals surface area contributed by atoms with Gasteiger partial charge in [-0.2, -0.15) is 13.2 Å². The van der Waals surface area contributed by atoms with Crippen molar-refractivity contribution in [1.29, 1.82) is 0 Å². The van der Waals surface area contributed by atoms with Crippen molar-refractivity contribution in [3.63, 3.8) is 0 Å². The average Bonchev–Trinajstić information content (AvgIpc) is 2.70. The minimum atomic E-state index is -4.56. The van der Waals surface area contributed by atoms with Gasteiger partial charge in [-0.3, -0.25) is 10.1 Å². The SMILES string of the molecule is O=[N+]([O-])[C@H]1C(O)CS[C@@H]1c1ccccc1C(F)(F)F. The van der Waals surface area contributed by atoms with Gasteiger partial charge in [-0.25, -0.2) is 0 Å². The molecule has 2 rings (SSSR count). The Labute approximate surface area is 110 Å². The number of thioether (sulfide) groups is 1.